The predicted molar refractivity (Wildman–Crippen MR) is 106 cm³/mol. The average molecular weight is 431 g/mol. The van der Waals surface area contributed by atoms with Crippen LogP contribution in [0.3, 0.4) is 0 Å². The van der Waals surface area contributed by atoms with Crippen molar-refractivity contribution in [2.45, 2.75) is 10.9 Å². The van der Waals surface area contributed by atoms with Gasteiger partial charge in [-0.25, -0.2) is 13.2 Å². The molecular formula is C18H20Cl2N2O4S. The number of ether oxygens (including phenoxy) is 1. The molecule has 27 heavy (non-hydrogen) atoms. The van der Waals surface area contributed by atoms with Gasteiger partial charge in [0, 0.05) is 24.7 Å². The molecule has 1 aliphatic heterocycles. The number of piperazine rings is 1. The van der Waals surface area contributed by atoms with Crippen molar-refractivity contribution in [3.63, 3.8) is 0 Å². The lowest BCUT2D eigenvalue weighted by Crippen LogP contribution is -2.48. The molecular weight excluding hydrogens is 411 g/mol. The second-order valence-corrected chi connectivity index (χ2v) is 8.17. The smallest absolute Gasteiger partial charge is 0.337 e. The number of nitrogens with zero attached hydrogens (tertiary/aromatic N) is 1. The van der Waals surface area contributed by atoms with Gasteiger partial charge in [-0.1, -0.05) is 35.9 Å². The van der Waals surface area contributed by atoms with Crippen LogP contribution < -0.4 is 5.32 Å². The Morgan fingerprint density at radius 2 is 1.96 bits per heavy atom. The van der Waals surface area contributed by atoms with E-state index in [-0.39, 0.29) is 22.9 Å². The third-order valence-corrected chi connectivity index (χ3v) is 6.57. The lowest BCUT2D eigenvalue weighted by atomic mass is 10.1. The quantitative estimate of drug-likeness (QED) is 0.754. The van der Waals surface area contributed by atoms with Gasteiger partial charge in [-0.05, 0) is 29.8 Å². The predicted octanol–water partition coefficient (Wildman–Crippen LogP) is 2.88. The molecule has 0 spiro atoms. The van der Waals surface area contributed by atoms with Crippen LogP contribution >= 0.6 is 24.0 Å². The lowest BCUT2D eigenvalue weighted by Gasteiger charge is -2.35. The number of hydrogen-bond donors (Lipinski definition) is 1. The molecule has 0 saturated carbocycles. The highest BCUT2D eigenvalue weighted by Crippen LogP contribution is 2.32. The molecule has 1 aliphatic rings. The third-order valence-electron chi connectivity index (χ3n) is 4.32. The molecule has 9 heteroatoms. The zero-order valence-corrected chi connectivity index (χ0v) is 17.0. The van der Waals surface area contributed by atoms with Gasteiger partial charge in [0.15, 0.2) is 0 Å². The fourth-order valence-electron chi connectivity index (χ4n) is 3.02. The first kappa shape index (κ1) is 21.7. The van der Waals surface area contributed by atoms with Crippen LogP contribution in [0.1, 0.15) is 22.0 Å². The van der Waals surface area contributed by atoms with Crippen LogP contribution in [0.4, 0.5) is 0 Å². The molecule has 2 aromatic rings. The summed E-state index contributed by atoms with van der Waals surface area (Å²) in [6, 6.07) is 12.7. The summed E-state index contributed by atoms with van der Waals surface area (Å²) >= 11 is 6.29. The Morgan fingerprint density at radius 3 is 2.67 bits per heavy atom. The van der Waals surface area contributed by atoms with E-state index in [1.54, 1.807) is 12.1 Å². The van der Waals surface area contributed by atoms with E-state index in [4.69, 9.17) is 11.6 Å². The van der Waals surface area contributed by atoms with Crippen molar-refractivity contribution >= 4 is 40.0 Å². The van der Waals surface area contributed by atoms with E-state index < -0.39 is 22.0 Å². The van der Waals surface area contributed by atoms with Gasteiger partial charge in [-0.2, -0.15) is 4.31 Å². The maximum Gasteiger partial charge on any atom is 0.337 e. The Bertz CT molecular complexity index is 921. The fourth-order valence-corrected chi connectivity index (χ4v) is 4.93. The van der Waals surface area contributed by atoms with Gasteiger partial charge in [-0.15, -0.1) is 12.4 Å². The first-order valence-electron chi connectivity index (χ1n) is 8.10. The minimum absolute atomic E-state index is 0. The Hall–Kier alpha value is -1.64. The van der Waals surface area contributed by atoms with Crippen molar-refractivity contribution in [1.29, 1.82) is 0 Å². The molecule has 3 rings (SSSR count). The molecule has 1 atom stereocenters. The summed E-state index contributed by atoms with van der Waals surface area (Å²) in [7, 11) is -2.56. The van der Waals surface area contributed by atoms with Gasteiger partial charge in [0.2, 0.25) is 10.0 Å². The molecule has 0 radical (unpaired) electrons. The van der Waals surface area contributed by atoms with Crippen molar-refractivity contribution in [1.82, 2.24) is 9.62 Å². The molecule has 0 amide bonds. The number of methoxy groups -OCH3 is 1. The molecule has 1 heterocycles. The topological polar surface area (TPSA) is 75.7 Å². The zero-order chi connectivity index (χ0) is 18.7. The van der Waals surface area contributed by atoms with Gasteiger partial charge in [0.05, 0.1) is 23.6 Å². The number of carbonyl (C=O) groups is 1. The zero-order valence-electron chi connectivity index (χ0n) is 14.6. The number of sulfonamides is 1. The van der Waals surface area contributed by atoms with Gasteiger partial charge in [-0.3, -0.25) is 0 Å². The minimum Gasteiger partial charge on any atom is -0.465 e. The summed E-state index contributed by atoms with van der Waals surface area (Å²) in [4.78, 5) is 11.8. The van der Waals surface area contributed by atoms with Gasteiger partial charge in [0.1, 0.15) is 0 Å². The number of benzene rings is 2. The van der Waals surface area contributed by atoms with Gasteiger partial charge < -0.3 is 10.1 Å². The number of nitrogens with one attached hydrogen (secondary N) is 1. The molecule has 6 nitrogen and oxygen atoms in total. The van der Waals surface area contributed by atoms with Crippen molar-refractivity contribution in [2.24, 2.45) is 0 Å². The summed E-state index contributed by atoms with van der Waals surface area (Å²) in [5.41, 5.74) is 0.937. The summed E-state index contributed by atoms with van der Waals surface area (Å²) in [6.45, 7) is 1.30. The molecule has 146 valence electrons. The molecule has 0 aromatic heterocycles. The number of halogens is 2. The highest BCUT2D eigenvalue weighted by molar-refractivity contribution is 7.89. The molecule has 1 unspecified atom stereocenters. The van der Waals surface area contributed by atoms with Crippen LogP contribution in [0.5, 0.6) is 0 Å². The standard InChI is InChI=1S/C18H19ClN2O4S.ClH/c1-25-18(22)13-5-4-6-14(11-13)26(23,24)21-10-9-20-12-17(21)15-7-2-3-8-16(15)19;/h2-8,11,17,20H,9-10,12H2,1H3;1H. The number of hydrogen-bond acceptors (Lipinski definition) is 5. The van der Waals surface area contributed by atoms with E-state index in [1.165, 1.54) is 35.7 Å². The van der Waals surface area contributed by atoms with E-state index >= 15 is 0 Å². The monoisotopic (exact) mass is 430 g/mol. The van der Waals surface area contributed by atoms with Crippen LogP contribution in [0.15, 0.2) is 53.4 Å². The summed E-state index contributed by atoms with van der Waals surface area (Å²) < 4.78 is 32.6. The second kappa shape index (κ2) is 9.03. The van der Waals surface area contributed by atoms with E-state index in [0.29, 0.717) is 24.7 Å². The van der Waals surface area contributed by atoms with Crippen LogP contribution in [-0.2, 0) is 14.8 Å². The highest BCUT2D eigenvalue weighted by atomic mass is 35.5. The maximum absolute atomic E-state index is 13.2. The van der Waals surface area contributed by atoms with E-state index in [9.17, 15) is 13.2 Å². The maximum atomic E-state index is 13.2. The Morgan fingerprint density at radius 1 is 1.22 bits per heavy atom. The number of esters is 1. The van der Waals surface area contributed by atoms with Crippen LogP contribution in [0.25, 0.3) is 0 Å². The van der Waals surface area contributed by atoms with Crippen molar-refractivity contribution in [3.8, 4) is 0 Å². The first-order chi connectivity index (χ1) is 12.4. The molecule has 0 bridgehead atoms. The lowest BCUT2D eigenvalue weighted by molar-refractivity contribution is 0.0600. The Kier molecular flexibility index (Phi) is 7.25. The second-order valence-electron chi connectivity index (χ2n) is 5.88. The highest BCUT2D eigenvalue weighted by Gasteiger charge is 2.35. The summed E-state index contributed by atoms with van der Waals surface area (Å²) in [5.74, 6) is -0.579. The number of carbonyl (C=O) groups excluding carboxylic acids is 1. The average Bonchev–Trinajstić information content (AvgIpc) is 2.68. The normalized spacial score (nSPS) is 17.8. The molecule has 1 saturated heterocycles. The summed E-state index contributed by atoms with van der Waals surface area (Å²) in [6.07, 6.45) is 0. The minimum atomic E-state index is -3.81. The van der Waals surface area contributed by atoms with Crippen molar-refractivity contribution < 1.29 is 17.9 Å². The van der Waals surface area contributed by atoms with Gasteiger partial charge >= 0.3 is 5.97 Å². The molecule has 2 aromatic carbocycles. The SMILES string of the molecule is COC(=O)c1cccc(S(=O)(=O)N2CCNCC2c2ccccc2Cl)c1.Cl. The Balaban J connectivity index is 0.00000261. The molecule has 1 N–H and O–H groups in total. The first-order valence-corrected chi connectivity index (χ1v) is 9.92. The fraction of sp³-hybridized carbons (Fsp3) is 0.278. The largest absolute Gasteiger partial charge is 0.465 e. The van der Waals surface area contributed by atoms with E-state index in [1.807, 2.05) is 12.1 Å². The van der Waals surface area contributed by atoms with E-state index in [0.717, 1.165) is 5.56 Å². The number of rotatable bonds is 4. The van der Waals surface area contributed by atoms with Crippen molar-refractivity contribution in [2.75, 3.05) is 26.7 Å². The van der Waals surface area contributed by atoms with E-state index in [2.05, 4.69) is 10.1 Å². The van der Waals surface area contributed by atoms with Crippen molar-refractivity contribution in [3.05, 3.63) is 64.7 Å². The molecule has 0 aliphatic carbocycles. The molecule has 1 fully saturated rings. The van der Waals surface area contributed by atoms with Crippen LogP contribution in [0.2, 0.25) is 5.02 Å². The van der Waals surface area contributed by atoms with Crippen LogP contribution in [-0.4, -0.2) is 45.4 Å². The van der Waals surface area contributed by atoms with Crippen LogP contribution in [0, 0.1) is 0 Å². The summed E-state index contributed by atoms with van der Waals surface area (Å²) in [5, 5.41) is 3.73. The third kappa shape index (κ3) is 4.44. The van der Waals surface area contributed by atoms with Gasteiger partial charge in [0.25, 0.3) is 0 Å². The Labute approximate surface area is 169 Å².